The smallest absolute Gasteiger partial charge is 0.293 e. The Morgan fingerprint density at radius 1 is 1.21 bits per heavy atom. The van der Waals surface area contributed by atoms with Crippen LogP contribution in [0.5, 0.6) is 5.75 Å². The molecule has 0 aliphatic carbocycles. The summed E-state index contributed by atoms with van der Waals surface area (Å²) in [5, 5.41) is 7.05. The Morgan fingerprint density at radius 3 is 2.54 bits per heavy atom. The molecule has 8 heteroatoms. The highest BCUT2D eigenvalue weighted by Gasteiger charge is 2.28. The van der Waals surface area contributed by atoms with E-state index >= 15 is 0 Å². The lowest BCUT2D eigenvalue weighted by Gasteiger charge is -2.19. The number of Topliss-reactive ketones (excluding diaryl/α,β-unsaturated/α-hetero) is 1. The number of hydrogen-bond donors (Lipinski definition) is 1. The van der Waals surface area contributed by atoms with E-state index in [0.29, 0.717) is 28.5 Å². The zero-order valence-corrected chi connectivity index (χ0v) is 16.6. The monoisotopic (exact) mass is 381 g/mol. The number of rotatable bonds is 6. The summed E-state index contributed by atoms with van der Waals surface area (Å²) in [5.41, 5.74) is 2.25. The van der Waals surface area contributed by atoms with Gasteiger partial charge in [0.2, 0.25) is 0 Å². The number of ether oxygens (including phenoxy) is 1. The second kappa shape index (κ2) is 7.67. The molecule has 8 nitrogen and oxygen atoms in total. The summed E-state index contributed by atoms with van der Waals surface area (Å²) in [7, 11) is 5.15. The summed E-state index contributed by atoms with van der Waals surface area (Å²) in [6.45, 7) is 3.48. The van der Waals surface area contributed by atoms with Gasteiger partial charge in [0.05, 0.1) is 18.4 Å². The molecule has 0 spiro atoms. The van der Waals surface area contributed by atoms with Crippen molar-refractivity contribution in [3.05, 3.63) is 65.0 Å². The average molecular weight is 381 g/mol. The summed E-state index contributed by atoms with van der Waals surface area (Å²) >= 11 is 0. The number of amides is 1. The van der Waals surface area contributed by atoms with Crippen LogP contribution in [0.2, 0.25) is 0 Å². The molecule has 3 aromatic rings. The van der Waals surface area contributed by atoms with Crippen LogP contribution in [0.25, 0.3) is 0 Å². The molecule has 0 saturated heterocycles. The van der Waals surface area contributed by atoms with E-state index in [1.807, 2.05) is 31.3 Å². The van der Waals surface area contributed by atoms with Gasteiger partial charge in [0.1, 0.15) is 17.6 Å². The number of methoxy groups -OCH3 is 1. The van der Waals surface area contributed by atoms with Crippen molar-refractivity contribution in [3.63, 3.8) is 0 Å². The topological polar surface area (TPSA) is 91.0 Å². The zero-order valence-electron chi connectivity index (χ0n) is 16.6. The molecule has 28 heavy (non-hydrogen) atoms. The van der Waals surface area contributed by atoms with Crippen molar-refractivity contribution in [1.82, 2.24) is 24.6 Å². The first-order valence-electron chi connectivity index (χ1n) is 8.80. The van der Waals surface area contributed by atoms with E-state index in [9.17, 15) is 9.59 Å². The number of ketones is 1. The van der Waals surface area contributed by atoms with Gasteiger partial charge in [0, 0.05) is 32.2 Å². The summed E-state index contributed by atoms with van der Waals surface area (Å²) in [4.78, 5) is 30.0. The Hall–Kier alpha value is -3.42. The SMILES string of the molecule is COc1cccc(C(NC(=O)C(=O)c2c(C)nn(C)c2C)c2nccn2C)c1. The highest BCUT2D eigenvalue weighted by molar-refractivity contribution is 6.43. The number of carbonyl (C=O) groups excluding carboxylic acids is 2. The minimum Gasteiger partial charge on any atom is -0.497 e. The Morgan fingerprint density at radius 2 is 1.96 bits per heavy atom. The molecule has 1 atom stereocenters. The highest BCUT2D eigenvalue weighted by atomic mass is 16.5. The van der Waals surface area contributed by atoms with Crippen molar-refractivity contribution < 1.29 is 14.3 Å². The van der Waals surface area contributed by atoms with Gasteiger partial charge in [0.25, 0.3) is 11.7 Å². The van der Waals surface area contributed by atoms with Gasteiger partial charge >= 0.3 is 0 Å². The standard InChI is InChI=1S/C20H23N5O3/c1-12-16(13(2)25(4)23-12)18(26)20(27)22-17(19-21-9-10-24(19)3)14-7-6-8-15(11-14)28-5/h6-11,17H,1-5H3,(H,22,27). The quantitative estimate of drug-likeness (QED) is 0.520. The second-order valence-corrected chi connectivity index (χ2v) is 6.58. The largest absolute Gasteiger partial charge is 0.497 e. The Labute approximate surface area is 163 Å². The van der Waals surface area contributed by atoms with Crippen molar-refractivity contribution in [2.45, 2.75) is 19.9 Å². The lowest BCUT2D eigenvalue weighted by Crippen LogP contribution is -2.36. The maximum atomic E-state index is 12.8. The summed E-state index contributed by atoms with van der Waals surface area (Å²) in [6, 6.07) is 6.70. The van der Waals surface area contributed by atoms with Crippen molar-refractivity contribution in [2.75, 3.05) is 7.11 Å². The molecule has 146 valence electrons. The fourth-order valence-corrected chi connectivity index (χ4v) is 3.19. The van der Waals surface area contributed by atoms with Crippen LogP contribution < -0.4 is 10.1 Å². The van der Waals surface area contributed by atoms with Gasteiger partial charge in [-0.2, -0.15) is 5.10 Å². The molecule has 0 radical (unpaired) electrons. The van der Waals surface area contributed by atoms with E-state index in [0.717, 1.165) is 5.56 Å². The third kappa shape index (κ3) is 3.53. The minimum atomic E-state index is -0.713. The molecule has 2 heterocycles. The third-order valence-electron chi connectivity index (χ3n) is 4.76. The van der Waals surface area contributed by atoms with Crippen LogP contribution in [0.4, 0.5) is 0 Å². The van der Waals surface area contributed by atoms with Crippen LogP contribution >= 0.6 is 0 Å². The van der Waals surface area contributed by atoms with E-state index in [1.54, 1.807) is 49.6 Å². The van der Waals surface area contributed by atoms with Crippen LogP contribution in [0.15, 0.2) is 36.7 Å². The van der Waals surface area contributed by atoms with Gasteiger partial charge in [-0.15, -0.1) is 0 Å². The van der Waals surface area contributed by atoms with E-state index in [-0.39, 0.29) is 0 Å². The molecule has 1 aromatic carbocycles. The summed E-state index contributed by atoms with van der Waals surface area (Å²) in [5.74, 6) is -0.0782. The first-order valence-corrected chi connectivity index (χ1v) is 8.80. The van der Waals surface area contributed by atoms with Gasteiger partial charge in [-0.1, -0.05) is 12.1 Å². The van der Waals surface area contributed by atoms with Crippen LogP contribution in [-0.2, 0) is 18.9 Å². The van der Waals surface area contributed by atoms with Crippen molar-refractivity contribution >= 4 is 11.7 Å². The molecule has 0 aliphatic rings. The minimum absolute atomic E-state index is 0.323. The number of benzene rings is 1. The molecule has 0 aliphatic heterocycles. The predicted molar refractivity (Wildman–Crippen MR) is 103 cm³/mol. The lowest BCUT2D eigenvalue weighted by molar-refractivity contribution is -0.117. The van der Waals surface area contributed by atoms with E-state index in [1.165, 1.54) is 0 Å². The summed E-state index contributed by atoms with van der Waals surface area (Å²) < 4.78 is 8.68. The Bertz CT molecular complexity index is 1030. The molecule has 1 unspecified atom stereocenters. The normalized spacial score (nSPS) is 11.9. The van der Waals surface area contributed by atoms with E-state index < -0.39 is 17.7 Å². The Kier molecular flexibility index (Phi) is 5.30. The first-order chi connectivity index (χ1) is 13.3. The maximum absolute atomic E-state index is 12.8. The number of nitrogens with zero attached hydrogens (tertiary/aromatic N) is 4. The number of aryl methyl sites for hydroxylation is 3. The number of aromatic nitrogens is 4. The van der Waals surface area contributed by atoms with Crippen molar-refractivity contribution in [2.24, 2.45) is 14.1 Å². The molecule has 1 N–H and O–H groups in total. The predicted octanol–water partition coefficient (Wildman–Crippen LogP) is 1.87. The number of imidazole rings is 1. The van der Waals surface area contributed by atoms with Crippen LogP contribution in [0, 0.1) is 13.8 Å². The van der Waals surface area contributed by atoms with Gasteiger partial charge in [0.15, 0.2) is 0 Å². The fourth-order valence-electron chi connectivity index (χ4n) is 3.19. The molecule has 3 rings (SSSR count). The van der Waals surface area contributed by atoms with Crippen LogP contribution in [0.1, 0.15) is 39.2 Å². The summed E-state index contributed by atoms with van der Waals surface area (Å²) in [6.07, 6.45) is 3.43. The third-order valence-corrected chi connectivity index (χ3v) is 4.76. The highest BCUT2D eigenvalue weighted by Crippen LogP contribution is 2.24. The molecule has 1 amide bonds. The van der Waals surface area contributed by atoms with Gasteiger partial charge in [-0.3, -0.25) is 14.3 Å². The van der Waals surface area contributed by atoms with E-state index in [2.05, 4.69) is 15.4 Å². The maximum Gasteiger partial charge on any atom is 0.293 e. The second-order valence-electron chi connectivity index (χ2n) is 6.58. The van der Waals surface area contributed by atoms with Crippen molar-refractivity contribution in [3.8, 4) is 5.75 Å². The van der Waals surface area contributed by atoms with E-state index in [4.69, 9.17) is 4.74 Å². The van der Waals surface area contributed by atoms with Gasteiger partial charge < -0.3 is 14.6 Å². The number of hydrogen-bond acceptors (Lipinski definition) is 5. The fraction of sp³-hybridized carbons (Fsp3) is 0.300. The zero-order chi connectivity index (χ0) is 20.4. The van der Waals surface area contributed by atoms with Gasteiger partial charge in [-0.05, 0) is 31.5 Å². The van der Waals surface area contributed by atoms with Crippen molar-refractivity contribution in [1.29, 1.82) is 0 Å². The first kappa shape index (κ1) is 19.3. The number of carbonyl (C=O) groups is 2. The average Bonchev–Trinajstić information content (AvgIpc) is 3.21. The van der Waals surface area contributed by atoms with Crippen LogP contribution in [-0.4, -0.2) is 38.1 Å². The van der Waals surface area contributed by atoms with Gasteiger partial charge in [-0.25, -0.2) is 4.98 Å². The van der Waals surface area contributed by atoms with Crippen LogP contribution in [0.3, 0.4) is 0 Å². The molecule has 0 fully saturated rings. The molecule has 2 aromatic heterocycles. The molecule has 0 bridgehead atoms. The Balaban J connectivity index is 1.96. The lowest BCUT2D eigenvalue weighted by atomic mass is 10.0. The molecule has 0 saturated carbocycles. The molecular formula is C20H23N5O3. The number of nitrogens with one attached hydrogen (secondary N) is 1. The molecular weight excluding hydrogens is 358 g/mol.